The Morgan fingerprint density at radius 1 is 0.854 bits per heavy atom. The third-order valence-corrected chi connectivity index (χ3v) is 6.57. The van der Waals surface area contributed by atoms with Crippen molar-refractivity contribution in [1.82, 2.24) is 29.8 Å². The minimum Gasteiger partial charge on any atom is -0.496 e. The van der Waals surface area contributed by atoms with Gasteiger partial charge in [0, 0.05) is 32.7 Å². The molecule has 0 unspecified atom stereocenters. The van der Waals surface area contributed by atoms with Crippen molar-refractivity contribution >= 4 is 12.2 Å². The number of ether oxygens (including phenoxy) is 3. The van der Waals surface area contributed by atoms with Gasteiger partial charge in [-0.2, -0.15) is 18.3 Å². The van der Waals surface area contributed by atoms with E-state index in [1.54, 1.807) is 97.1 Å². The van der Waals surface area contributed by atoms with Crippen molar-refractivity contribution < 1.29 is 41.4 Å². The summed E-state index contributed by atoms with van der Waals surface area (Å²) in [5, 5.41) is 11.9. The highest BCUT2D eigenvalue weighted by Gasteiger charge is 2.36. The number of halogens is 3. The molecule has 0 N–H and O–H groups in total. The van der Waals surface area contributed by atoms with E-state index in [-0.39, 0.29) is 42.8 Å². The molecule has 0 aliphatic carbocycles. The van der Waals surface area contributed by atoms with E-state index in [1.165, 1.54) is 16.9 Å². The Bertz CT molecular complexity index is 1740. The molecule has 2 amide bonds. The molecule has 2 aromatic heterocycles. The van der Waals surface area contributed by atoms with Gasteiger partial charge in [-0.3, -0.25) is 0 Å². The van der Waals surface area contributed by atoms with Crippen LogP contribution < -0.4 is 4.74 Å². The third kappa shape index (κ3) is 9.26. The average molecular weight is 673 g/mol. The highest BCUT2D eigenvalue weighted by atomic mass is 19.4. The first-order chi connectivity index (χ1) is 22.3. The number of nitrogens with zero attached hydrogens (tertiary/aromatic N) is 6. The van der Waals surface area contributed by atoms with Crippen molar-refractivity contribution in [2.45, 2.75) is 65.5 Å². The maximum Gasteiger partial charge on any atom is 0.435 e. The molecule has 0 radical (unpaired) electrons. The molecule has 0 aliphatic heterocycles. The van der Waals surface area contributed by atoms with Crippen LogP contribution in [0.3, 0.4) is 0 Å². The lowest BCUT2D eigenvalue weighted by atomic mass is 10.2. The number of benzene rings is 2. The smallest absolute Gasteiger partial charge is 0.435 e. The van der Waals surface area contributed by atoms with Crippen LogP contribution in [-0.4, -0.2) is 80.4 Å². The minimum absolute atomic E-state index is 0.00610. The van der Waals surface area contributed by atoms with E-state index >= 15 is 0 Å². The zero-order chi connectivity index (χ0) is 35.4. The second kappa shape index (κ2) is 14.0. The molecule has 0 fully saturated rings. The Morgan fingerprint density at radius 2 is 1.50 bits per heavy atom. The van der Waals surface area contributed by atoms with Gasteiger partial charge in [-0.25, -0.2) is 14.3 Å². The molecule has 0 aliphatic rings. The summed E-state index contributed by atoms with van der Waals surface area (Å²) in [7, 11) is 3.02. The maximum absolute atomic E-state index is 13.9. The molecular weight excluding hydrogens is 633 g/mol. The van der Waals surface area contributed by atoms with Gasteiger partial charge in [-0.15, -0.1) is 10.2 Å². The number of hydrogen-bond acceptors (Lipinski definition) is 9. The number of para-hydroxylation sites is 1. The van der Waals surface area contributed by atoms with E-state index in [4.69, 9.17) is 18.6 Å². The number of hydrogen-bond donors (Lipinski definition) is 0. The summed E-state index contributed by atoms with van der Waals surface area (Å²) in [5.41, 5.74) is -1.53. The lowest BCUT2D eigenvalue weighted by molar-refractivity contribution is -0.141. The van der Waals surface area contributed by atoms with Crippen LogP contribution in [0.25, 0.3) is 28.7 Å². The van der Waals surface area contributed by atoms with E-state index in [0.717, 1.165) is 10.7 Å². The molecular formula is C33H39F3N6O6. The average Bonchev–Trinajstić information content (AvgIpc) is 3.65. The second-order valence-electron chi connectivity index (χ2n) is 12.9. The van der Waals surface area contributed by atoms with Gasteiger partial charge in [0.1, 0.15) is 22.6 Å². The first-order valence-electron chi connectivity index (χ1n) is 15.0. The normalized spacial score (nSPS) is 12.1. The molecule has 0 saturated carbocycles. The topological polar surface area (TPSA) is 125 Å². The molecule has 4 rings (SSSR count). The van der Waals surface area contributed by atoms with Crippen LogP contribution in [0, 0.1) is 0 Å². The molecule has 15 heteroatoms. The summed E-state index contributed by atoms with van der Waals surface area (Å²) in [6.45, 7) is 10.6. The van der Waals surface area contributed by atoms with Gasteiger partial charge < -0.3 is 28.4 Å². The molecule has 4 aromatic rings. The zero-order valence-corrected chi connectivity index (χ0v) is 28.1. The molecule has 0 saturated heterocycles. The zero-order valence-electron chi connectivity index (χ0n) is 28.1. The van der Waals surface area contributed by atoms with E-state index in [1.807, 2.05) is 0 Å². The van der Waals surface area contributed by atoms with Crippen molar-refractivity contribution in [2.75, 3.05) is 27.2 Å². The summed E-state index contributed by atoms with van der Waals surface area (Å²) in [6, 6.07) is 14.2. The van der Waals surface area contributed by atoms with Gasteiger partial charge in [0.25, 0.3) is 11.8 Å². The maximum atomic E-state index is 13.9. The number of carbonyl (C=O) groups is 2. The number of aromatic nitrogens is 4. The first kappa shape index (κ1) is 35.8. The number of likely N-dealkylation sites (N-methyl/N-ethyl adjacent to an activating group) is 1. The standard InChI is InChI=1S/C33H39F3N6O6/c1-31(2,3)47-29(43)40(7)16-17-41(30(44)48-32(4,5)6)20-21-12-11-13-22(18-21)42-24(19-26(39-42)33(34,35)36)28-38-37-27(46-28)23-14-9-10-15-25(23)45-8/h9-15,18-19H,16-17,20H2,1-8H3. The first-order valence-corrected chi connectivity index (χ1v) is 15.0. The number of methoxy groups -OCH3 is 1. The van der Waals surface area contributed by atoms with Crippen LogP contribution in [0.2, 0.25) is 0 Å². The van der Waals surface area contributed by atoms with Crippen molar-refractivity contribution in [3.05, 3.63) is 65.9 Å². The monoisotopic (exact) mass is 672 g/mol. The molecule has 0 bridgehead atoms. The number of amides is 2. The fourth-order valence-electron chi connectivity index (χ4n) is 4.40. The predicted molar refractivity (Wildman–Crippen MR) is 169 cm³/mol. The largest absolute Gasteiger partial charge is 0.496 e. The van der Waals surface area contributed by atoms with Crippen molar-refractivity contribution in [3.63, 3.8) is 0 Å². The summed E-state index contributed by atoms with van der Waals surface area (Å²) in [6.07, 6.45) is -5.97. The van der Waals surface area contributed by atoms with Gasteiger partial charge >= 0.3 is 18.4 Å². The molecule has 12 nitrogen and oxygen atoms in total. The predicted octanol–water partition coefficient (Wildman–Crippen LogP) is 7.22. The highest BCUT2D eigenvalue weighted by Crippen LogP contribution is 2.35. The lowest BCUT2D eigenvalue weighted by Gasteiger charge is -2.30. The lowest BCUT2D eigenvalue weighted by Crippen LogP contribution is -2.42. The van der Waals surface area contributed by atoms with E-state index in [9.17, 15) is 22.8 Å². The summed E-state index contributed by atoms with van der Waals surface area (Å²) in [4.78, 5) is 28.5. The van der Waals surface area contributed by atoms with Crippen molar-refractivity contribution in [2.24, 2.45) is 0 Å². The van der Waals surface area contributed by atoms with Gasteiger partial charge in [0.2, 0.25) is 0 Å². The van der Waals surface area contributed by atoms with Crippen molar-refractivity contribution in [3.8, 4) is 34.5 Å². The SMILES string of the molecule is COc1ccccc1-c1nnc(-c2cc(C(F)(F)F)nn2-c2cccc(CN(CCN(C)C(=O)OC(C)(C)C)C(=O)OC(C)(C)C)c2)o1. The fourth-order valence-corrected chi connectivity index (χ4v) is 4.40. The van der Waals surface area contributed by atoms with E-state index in [2.05, 4.69) is 15.3 Å². The summed E-state index contributed by atoms with van der Waals surface area (Å²) < 4.78 is 64.9. The number of rotatable bonds is 9. The van der Waals surface area contributed by atoms with Crippen LogP contribution in [0.4, 0.5) is 22.8 Å². The summed E-state index contributed by atoms with van der Waals surface area (Å²) in [5.74, 6) is 0.281. The van der Waals surface area contributed by atoms with Gasteiger partial charge in [-0.05, 0) is 71.4 Å². The van der Waals surface area contributed by atoms with E-state index in [0.29, 0.717) is 16.9 Å². The Hall–Kier alpha value is -5.08. The molecule has 258 valence electrons. The Kier molecular flexibility index (Phi) is 10.4. The Balaban J connectivity index is 1.67. The Morgan fingerprint density at radius 3 is 2.15 bits per heavy atom. The molecule has 2 heterocycles. The van der Waals surface area contributed by atoms with Gasteiger partial charge in [0.15, 0.2) is 5.69 Å². The Labute approximate surface area is 276 Å². The summed E-state index contributed by atoms with van der Waals surface area (Å²) >= 11 is 0. The van der Waals surface area contributed by atoms with E-state index < -0.39 is 35.3 Å². The van der Waals surface area contributed by atoms with Gasteiger partial charge in [0.05, 0.1) is 18.4 Å². The van der Waals surface area contributed by atoms with Crippen LogP contribution in [0.15, 0.2) is 59.0 Å². The molecule has 0 spiro atoms. The van der Waals surface area contributed by atoms with Crippen LogP contribution in [0.1, 0.15) is 52.8 Å². The second-order valence-corrected chi connectivity index (χ2v) is 12.9. The van der Waals surface area contributed by atoms with Crippen LogP contribution >= 0.6 is 0 Å². The molecule has 48 heavy (non-hydrogen) atoms. The van der Waals surface area contributed by atoms with Crippen LogP contribution in [-0.2, 0) is 22.2 Å². The number of carbonyl (C=O) groups excluding carboxylic acids is 2. The van der Waals surface area contributed by atoms with Crippen molar-refractivity contribution in [1.29, 1.82) is 0 Å². The highest BCUT2D eigenvalue weighted by molar-refractivity contribution is 5.69. The molecule has 0 atom stereocenters. The minimum atomic E-state index is -4.77. The number of alkyl halides is 3. The van der Waals surface area contributed by atoms with Crippen LogP contribution in [0.5, 0.6) is 5.75 Å². The fraction of sp³-hybridized carbons (Fsp3) is 0.424. The quantitative estimate of drug-likeness (QED) is 0.181. The third-order valence-electron chi connectivity index (χ3n) is 6.57. The molecule has 2 aromatic carbocycles. The van der Waals surface area contributed by atoms with Gasteiger partial charge in [-0.1, -0.05) is 24.3 Å².